The number of aliphatic imine (C=N–C) groups is 1. The van der Waals surface area contributed by atoms with E-state index in [2.05, 4.69) is 16.6 Å². The predicted molar refractivity (Wildman–Crippen MR) is 49.7 cm³/mol. The van der Waals surface area contributed by atoms with Crippen LogP contribution < -0.4 is 0 Å². The van der Waals surface area contributed by atoms with E-state index in [4.69, 9.17) is 0 Å². The molecule has 0 saturated carbocycles. The lowest BCUT2D eigenvalue weighted by molar-refractivity contribution is 0.107. The van der Waals surface area contributed by atoms with Gasteiger partial charge in [-0.05, 0) is 17.2 Å². The van der Waals surface area contributed by atoms with Gasteiger partial charge in [0, 0.05) is 6.21 Å². The van der Waals surface area contributed by atoms with E-state index in [1.165, 1.54) is 6.21 Å². The quantitative estimate of drug-likeness (QED) is 0.529. The fraction of sp³-hybridized carbons (Fsp3) is 0.222. The van der Waals surface area contributed by atoms with Crippen LogP contribution in [0.4, 0.5) is 8.78 Å². The smallest absolute Gasteiger partial charge is 0.285 e. The first-order valence-corrected chi connectivity index (χ1v) is 4.07. The molecule has 1 nitrogen and oxygen atoms in total. The Kier molecular flexibility index (Phi) is 3.37. The minimum absolute atomic E-state index is 0.691. The highest BCUT2D eigenvalue weighted by Crippen LogP contribution is 2.18. The first-order valence-electron chi connectivity index (χ1n) is 3.69. The summed E-state index contributed by atoms with van der Waals surface area (Å²) in [6, 6.07) is 9.00. The van der Waals surface area contributed by atoms with Crippen LogP contribution in [-0.2, 0) is 0 Å². The highest BCUT2D eigenvalue weighted by molar-refractivity contribution is 6.21. The van der Waals surface area contributed by atoms with Crippen molar-refractivity contribution in [2.75, 3.05) is 6.54 Å². The number of rotatable bonds is 3. The van der Waals surface area contributed by atoms with Crippen LogP contribution in [0.2, 0.25) is 0 Å². The van der Waals surface area contributed by atoms with Gasteiger partial charge in [-0.2, -0.15) is 8.78 Å². The Hall–Kier alpha value is -0.960. The molecule has 0 aliphatic heterocycles. The van der Waals surface area contributed by atoms with Crippen molar-refractivity contribution in [1.82, 2.24) is 0 Å². The normalized spacial score (nSPS) is 12.2. The van der Waals surface area contributed by atoms with Gasteiger partial charge in [0.25, 0.3) is 0 Å². The molecule has 0 aliphatic carbocycles. The number of benzene rings is 1. The van der Waals surface area contributed by atoms with E-state index in [1.807, 2.05) is 6.07 Å². The topological polar surface area (TPSA) is 12.4 Å². The van der Waals surface area contributed by atoms with Gasteiger partial charge in [0.1, 0.15) is 6.54 Å². The van der Waals surface area contributed by atoms with E-state index in [9.17, 15) is 8.78 Å². The summed E-state index contributed by atoms with van der Waals surface area (Å²) in [6.45, 7) is -0.691. The van der Waals surface area contributed by atoms with Crippen molar-refractivity contribution in [2.24, 2.45) is 4.99 Å². The van der Waals surface area contributed by atoms with Crippen LogP contribution in [0.3, 0.4) is 0 Å². The molecule has 0 N–H and O–H groups in total. The zero-order valence-electron chi connectivity index (χ0n) is 6.75. The second-order valence-corrected chi connectivity index (χ2v) is 3.05. The average molecular weight is 204 g/mol. The molecule has 0 spiro atoms. The molecule has 13 heavy (non-hydrogen) atoms. The Morgan fingerprint density at radius 3 is 2.46 bits per heavy atom. The second-order valence-electron chi connectivity index (χ2n) is 2.50. The van der Waals surface area contributed by atoms with Crippen LogP contribution in [0, 0.1) is 0 Å². The maximum atomic E-state index is 12.1. The van der Waals surface area contributed by atoms with Crippen molar-refractivity contribution in [1.29, 1.82) is 0 Å². The van der Waals surface area contributed by atoms with E-state index in [0.29, 0.717) is 0 Å². The van der Waals surface area contributed by atoms with Gasteiger partial charge in [0.15, 0.2) is 0 Å². The summed E-state index contributed by atoms with van der Waals surface area (Å²) in [4.78, 5) is 3.51. The molecule has 0 bridgehead atoms. The van der Waals surface area contributed by atoms with Crippen LogP contribution in [0.1, 0.15) is 5.56 Å². The first kappa shape index (κ1) is 10.1. The molecule has 70 valence electrons. The van der Waals surface area contributed by atoms with Gasteiger partial charge in [-0.25, -0.2) is 0 Å². The number of alkyl halides is 3. The molecule has 0 heterocycles. The van der Waals surface area contributed by atoms with Gasteiger partial charge in [-0.3, -0.25) is 4.99 Å². The number of hydrogen-bond acceptors (Lipinski definition) is 1. The maximum Gasteiger partial charge on any atom is 0.340 e. The molecule has 0 aromatic heterocycles. The molecule has 1 aromatic rings. The Bertz CT molecular complexity index is 279. The van der Waals surface area contributed by atoms with Crippen LogP contribution in [0.25, 0.3) is 0 Å². The fourth-order valence-electron chi connectivity index (χ4n) is 0.794. The zero-order chi connectivity index (χ0) is 9.73. The Morgan fingerprint density at radius 2 is 1.92 bits per heavy atom. The summed E-state index contributed by atoms with van der Waals surface area (Å²) in [5.41, 5.74) is 0.781. The summed E-state index contributed by atoms with van der Waals surface area (Å²) in [5, 5.41) is -3.24. The molecular weight excluding hydrogens is 196 g/mol. The van der Waals surface area contributed by atoms with E-state index in [1.54, 1.807) is 24.3 Å². The van der Waals surface area contributed by atoms with Crippen molar-refractivity contribution >= 4 is 17.8 Å². The Balaban J connectivity index is 2.51. The summed E-state index contributed by atoms with van der Waals surface area (Å²) in [5.74, 6) is 0. The molecule has 4 heteroatoms. The van der Waals surface area contributed by atoms with Gasteiger partial charge in [-0.1, -0.05) is 30.3 Å². The number of nitrogens with zero attached hydrogens (tertiary/aromatic N) is 1. The molecule has 0 atom stereocenters. The molecule has 1 aromatic carbocycles. The second kappa shape index (κ2) is 4.33. The highest BCUT2D eigenvalue weighted by Gasteiger charge is 2.22. The van der Waals surface area contributed by atoms with Crippen molar-refractivity contribution in [3.8, 4) is 0 Å². The van der Waals surface area contributed by atoms with E-state index in [0.717, 1.165) is 5.56 Å². The molecule has 0 saturated heterocycles. The summed E-state index contributed by atoms with van der Waals surface area (Å²) in [7, 11) is 0. The molecule has 0 aliphatic rings. The van der Waals surface area contributed by atoms with Gasteiger partial charge < -0.3 is 0 Å². The van der Waals surface area contributed by atoms with E-state index >= 15 is 0 Å². The maximum absolute atomic E-state index is 12.1. The van der Waals surface area contributed by atoms with Crippen molar-refractivity contribution in [3.05, 3.63) is 35.9 Å². The minimum atomic E-state index is -3.24. The summed E-state index contributed by atoms with van der Waals surface area (Å²) < 4.78 is 24.2. The molecular formula is C9H8ClF2N. The van der Waals surface area contributed by atoms with Gasteiger partial charge in [0.2, 0.25) is 0 Å². The first-order chi connectivity index (χ1) is 6.08. The molecule has 1 rings (SSSR count). The largest absolute Gasteiger partial charge is 0.340 e. The van der Waals surface area contributed by atoms with Crippen molar-refractivity contribution < 1.29 is 8.78 Å². The molecule has 0 amide bonds. The monoisotopic (exact) mass is 203 g/mol. The Morgan fingerprint density at radius 1 is 1.31 bits per heavy atom. The van der Waals surface area contributed by atoms with Crippen molar-refractivity contribution in [2.45, 2.75) is 5.38 Å². The lowest BCUT2D eigenvalue weighted by Gasteiger charge is -2.01. The lowest BCUT2D eigenvalue weighted by atomic mass is 10.2. The van der Waals surface area contributed by atoms with Crippen LogP contribution in [-0.4, -0.2) is 18.1 Å². The SMILES string of the molecule is FC(F)(Cl)CN=Cc1ccccc1. The van der Waals surface area contributed by atoms with Gasteiger partial charge in [0.05, 0.1) is 0 Å². The van der Waals surface area contributed by atoms with Gasteiger partial charge >= 0.3 is 5.38 Å². The van der Waals surface area contributed by atoms with Crippen LogP contribution in [0.15, 0.2) is 35.3 Å². The lowest BCUT2D eigenvalue weighted by Crippen LogP contribution is -2.10. The third-order valence-corrected chi connectivity index (χ3v) is 1.43. The highest BCUT2D eigenvalue weighted by atomic mass is 35.5. The van der Waals surface area contributed by atoms with E-state index < -0.39 is 11.9 Å². The molecule has 0 unspecified atom stereocenters. The zero-order valence-corrected chi connectivity index (χ0v) is 7.51. The number of halogens is 3. The van der Waals surface area contributed by atoms with Crippen LogP contribution in [0.5, 0.6) is 0 Å². The summed E-state index contributed by atoms with van der Waals surface area (Å²) >= 11 is 4.65. The third kappa shape index (κ3) is 4.58. The fourth-order valence-corrected chi connectivity index (χ4v) is 0.863. The van der Waals surface area contributed by atoms with Crippen LogP contribution >= 0.6 is 11.6 Å². The molecule has 0 fully saturated rings. The minimum Gasteiger partial charge on any atom is -0.285 e. The number of hydrogen-bond donors (Lipinski definition) is 0. The third-order valence-electron chi connectivity index (χ3n) is 1.31. The standard InChI is InChI=1S/C9H8ClF2N/c10-9(11,12)7-13-6-8-4-2-1-3-5-8/h1-6H,7H2. The van der Waals surface area contributed by atoms with Gasteiger partial charge in [-0.15, -0.1) is 0 Å². The predicted octanol–water partition coefficient (Wildman–Crippen LogP) is 2.94. The van der Waals surface area contributed by atoms with E-state index in [-0.39, 0.29) is 0 Å². The summed E-state index contributed by atoms with van der Waals surface area (Å²) in [6.07, 6.45) is 1.37. The van der Waals surface area contributed by atoms with Crippen molar-refractivity contribution in [3.63, 3.8) is 0 Å². The molecule has 0 radical (unpaired) electrons. The Labute approximate surface area is 80.1 Å². The average Bonchev–Trinajstić information content (AvgIpc) is 2.04.